The highest BCUT2D eigenvalue weighted by Crippen LogP contribution is 2.36. The normalized spacial score (nSPS) is 15.3. The summed E-state index contributed by atoms with van der Waals surface area (Å²) in [6, 6.07) is 17.0. The molecule has 3 nitrogen and oxygen atoms in total. The molecule has 0 atom stereocenters. The van der Waals surface area contributed by atoms with E-state index >= 15 is 0 Å². The van der Waals surface area contributed by atoms with Crippen LogP contribution in [0.15, 0.2) is 48.5 Å². The highest BCUT2D eigenvalue weighted by atomic mass is 16.2. The summed E-state index contributed by atoms with van der Waals surface area (Å²) in [5, 5.41) is 8.79. The molecule has 0 N–H and O–H groups in total. The molecule has 20 heavy (non-hydrogen) atoms. The maximum Gasteiger partial charge on any atom is 0.258 e. The van der Waals surface area contributed by atoms with Crippen LogP contribution in [0.2, 0.25) is 0 Å². The molecule has 0 unspecified atom stereocenters. The van der Waals surface area contributed by atoms with E-state index in [0.717, 1.165) is 16.8 Å². The second kappa shape index (κ2) is 4.67. The number of benzene rings is 2. The zero-order valence-corrected chi connectivity index (χ0v) is 11.0. The highest BCUT2D eigenvalue weighted by Gasteiger charge is 2.28. The van der Waals surface area contributed by atoms with Crippen molar-refractivity contribution >= 4 is 23.2 Å². The zero-order chi connectivity index (χ0) is 14.1. The number of anilines is 1. The fourth-order valence-corrected chi connectivity index (χ4v) is 2.36. The first-order valence-corrected chi connectivity index (χ1v) is 6.30. The van der Waals surface area contributed by atoms with E-state index in [1.165, 1.54) is 0 Å². The summed E-state index contributed by atoms with van der Waals surface area (Å²) in [4.78, 5) is 14.0. The van der Waals surface area contributed by atoms with Crippen LogP contribution in [0.5, 0.6) is 0 Å². The minimum atomic E-state index is -0.00411. The van der Waals surface area contributed by atoms with Gasteiger partial charge >= 0.3 is 0 Å². The maximum absolute atomic E-state index is 12.3. The number of amides is 1. The monoisotopic (exact) mass is 260 g/mol. The third kappa shape index (κ3) is 1.88. The first kappa shape index (κ1) is 12.2. The molecule has 0 aliphatic carbocycles. The first-order valence-electron chi connectivity index (χ1n) is 6.30. The number of hydrogen-bond donors (Lipinski definition) is 0. The second-order valence-corrected chi connectivity index (χ2v) is 4.67. The Morgan fingerprint density at radius 3 is 2.50 bits per heavy atom. The fourth-order valence-electron chi connectivity index (χ4n) is 2.36. The van der Waals surface area contributed by atoms with Gasteiger partial charge in [0, 0.05) is 18.2 Å². The molecule has 0 saturated heterocycles. The van der Waals surface area contributed by atoms with Crippen LogP contribution in [-0.2, 0) is 4.79 Å². The molecule has 3 heteroatoms. The number of carbonyl (C=O) groups is 1. The largest absolute Gasteiger partial charge is 0.311 e. The van der Waals surface area contributed by atoms with Gasteiger partial charge in [-0.1, -0.05) is 30.3 Å². The predicted molar refractivity (Wildman–Crippen MR) is 78.9 cm³/mol. The molecule has 2 aromatic rings. The summed E-state index contributed by atoms with van der Waals surface area (Å²) in [5.41, 5.74) is 4.09. The lowest BCUT2D eigenvalue weighted by Crippen LogP contribution is -2.20. The molecule has 0 fully saturated rings. The summed E-state index contributed by atoms with van der Waals surface area (Å²) in [6.07, 6.45) is 1.87. The number of nitriles is 1. The minimum Gasteiger partial charge on any atom is -0.311 e. The van der Waals surface area contributed by atoms with Gasteiger partial charge in [0.15, 0.2) is 0 Å². The number of para-hydroxylation sites is 1. The van der Waals surface area contributed by atoms with Crippen molar-refractivity contribution in [2.75, 3.05) is 11.9 Å². The van der Waals surface area contributed by atoms with Crippen LogP contribution in [0.4, 0.5) is 5.69 Å². The molecule has 96 valence electrons. The molecule has 2 aromatic carbocycles. The zero-order valence-electron chi connectivity index (χ0n) is 11.0. The smallest absolute Gasteiger partial charge is 0.258 e. The van der Waals surface area contributed by atoms with Gasteiger partial charge in [0.1, 0.15) is 0 Å². The topological polar surface area (TPSA) is 44.1 Å². The van der Waals surface area contributed by atoms with Crippen molar-refractivity contribution in [3.05, 3.63) is 65.2 Å². The van der Waals surface area contributed by atoms with Gasteiger partial charge in [0.2, 0.25) is 0 Å². The van der Waals surface area contributed by atoms with E-state index < -0.39 is 0 Å². The maximum atomic E-state index is 12.3. The van der Waals surface area contributed by atoms with Crippen molar-refractivity contribution in [2.24, 2.45) is 0 Å². The number of rotatable bonds is 1. The molecule has 0 bridgehead atoms. The van der Waals surface area contributed by atoms with Gasteiger partial charge in [-0.2, -0.15) is 5.26 Å². The van der Waals surface area contributed by atoms with Crippen molar-refractivity contribution in [1.82, 2.24) is 0 Å². The molecular weight excluding hydrogens is 248 g/mol. The van der Waals surface area contributed by atoms with Crippen LogP contribution in [0, 0.1) is 11.3 Å². The molecule has 0 radical (unpaired) electrons. The average molecular weight is 260 g/mol. The average Bonchev–Trinajstić information content (AvgIpc) is 2.74. The molecule has 1 aliphatic heterocycles. The number of carbonyl (C=O) groups excluding carboxylic acids is 1. The summed E-state index contributed by atoms with van der Waals surface area (Å²) in [6.45, 7) is 0. The number of nitrogens with zero attached hydrogens (tertiary/aromatic N) is 2. The van der Waals surface area contributed by atoms with Crippen molar-refractivity contribution in [3.8, 4) is 6.07 Å². The second-order valence-electron chi connectivity index (χ2n) is 4.67. The number of hydrogen-bond acceptors (Lipinski definition) is 2. The van der Waals surface area contributed by atoms with Crippen LogP contribution >= 0.6 is 0 Å². The Morgan fingerprint density at radius 1 is 1.10 bits per heavy atom. The van der Waals surface area contributed by atoms with E-state index in [9.17, 15) is 4.79 Å². The van der Waals surface area contributed by atoms with E-state index in [-0.39, 0.29) is 5.91 Å². The van der Waals surface area contributed by atoms with E-state index in [4.69, 9.17) is 5.26 Å². The van der Waals surface area contributed by atoms with Crippen LogP contribution in [0.3, 0.4) is 0 Å². The summed E-state index contributed by atoms with van der Waals surface area (Å²) in [7, 11) is 1.78. The molecule has 3 rings (SSSR count). The van der Waals surface area contributed by atoms with Gasteiger partial charge in [-0.05, 0) is 29.8 Å². The fraction of sp³-hybridized carbons (Fsp3) is 0.0588. The molecule has 1 aliphatic rings. The van der Waals surface area contributed by atoms with Crippen LogP contribution in [0.1, 0.15) is 16.7 Å². The molecule has 1 amide bonds. The van der Waals surface area contributed by atoms with Gasteiger partial charge in [0.05, 0.1) is 17.3 Å². The summed E-state index contributed by atoms with van der Waals surface area (Å²) < 4.78 is 0. The van der Waals surface area contributed by atoms with Crippen molar-refractivity contribution < 1.29 is 4.79 Å². The Morgan fingerprint density at radius 2 is 1.80 bits per heavy atom. The lowest BCUT2D eigenvalue weighted by atomic mass is 10.0. The van der Waals surface area contributed by atoms with Gasteiger partial charge in [-0.15, -0.1) is 0 Å². The molecule has 0 spiro atoms. The Bertz CT molecular complexity index is 751. The Kier molecular flexibility index (Phi) is 2.85. The van der Waals surface area contributed by atoms with Crippen molar-refractivity contribution in [1.29, 1.82) is 5.26 Å². The van der Waals surface area contributed by atoms with Crippen molar-refractivity contribution in [3.63, 3.8) is 0 Å². The Labute approximate surface area is 117 Å². The third-order valence-corrected chi connectivity index (χ3v) is 3.44. The van der Waals surface area contributed by atoms with E-state index in [1.54, 1.807) is 24.1 Å². The van der Waals surface area contributed by atoms with Crippen LogP contribution < -0.4 is 4.90 Å². The standard InChI is InChI=1S/C17H12N2O/c1-19-16-5-3-2-4-14(16)15(17(19)20)10-12-6-8-13(11-18)9-7-12/h2-10H,1H3/b15-10-. The number of likely N-dealkylation sites (N-methyl/N-ethyl adjacent to an activating group) is 1. The summed E-state index contributed by atoms with van der Waals surface area (Å²) >= 11 is 0. The van der Waals surface area contributed by atoms with E-state index in [2.05, 4.69) is 6.07 Å². The molecule has 1 heterocycles. The van der Waals surface area contributed by atoms with E-state index in [0.29, 0.717) is 11.1 Å². The van der Waals surface area contributed by atoms with Gasteiger partial charge in [0.25, 0.3) is 5.91 Å². The Hall–Kier alpha value is -2.86. The third-order valence-electron chi connectivity index (χ3n) is 3.44. The Balaban J connectivity index is 2.07. The molecule has 0 saturated carbocycles. The molecule has 0 aromatic heterocycles. The minimum absolute atomic E-state index is 0.00411. The lowest BCUT2D eigenvalue weighted by Gasteiger charge is -2.07. The number of fused-ring (bicyclic) bond motifs is 1. The molecular formula is C17H12N2O. The van der Waals surface area contributed by atoms with Gasteiger partial charge in [-0.3, -0.25) is 4.79 Å². The quantitative estimate of drug-likeness (QED) is 0.739. The van der Waals surface area contributed by atoms with Gasteiger partial charge < -0.3 is 4.90 Å². The highest BCUT2D eigenvalue weighted by molar-refractivity contribution is 6.35. The predicted octanol–water partition coefficient (Wildman–Crippen LogP) is 3.08. The lowest BCUT2D eigenvalue weighted by molar-refractivity contribution is -0.112. The van der Waals surface area contributed by atoms with Crippen LogP contribution in [0.25, 0.3) is 11.6 Å². The first-order chi connectivity index (χ1) is 9.70. The van der Waals surface area contributed by atoms with Crippen LogP contribution in [-0.4, -0.2) is 13.0 Å². The SMILES string of the molecule is CN1C(=O)/C(=C\c2ccc(C#N)cc2)c2ccccc21. The van der Waals surface area contributed by atoms with Crippen molar-refractivity contribution in [2.45, 2.75) is 0 Å². The van der Waals surface area contributed by atoms with Gasteiger partial charge in [-0.25, -0.2) is 0 Å². The van der Waals surface area contributed by atoms with E-state index in [1.807, 2.05) is 42.5 Å². The summed E-state index contributed by atoms with van der Waals surface area (Å²) in [5.74, 6) is -0.00411.